The van der Waals surface area contributed by atoms with Gasteiger partial charge in [0.05, 0.1) is 5.41 Å². The Bertz CT molecular complexity index is 512. The molecule has 0 aromatic rings. The highest BCUT2D eigenvalue weighted by atomic mass is 16.6. The van der Waals surface area contributed by atoms with Crippen LogP contribution >= 0.6 is 0 Å². The van der Waals surface area contributed by atoms with Crippen LogP contribution in [0.5, 0.6) is 0 Å². The van der Waals surface area contributed by atoms with Crippen LogP contribution in [-0.2, 0) is 9.53 Å². The first-order valence-corrected chi connectivity index (χ1v) is 6.77. The van der Waals surface area contributed by atoms with E-state index in [2.05, 4.69) is 0 Å². The summed E-state index contributed by atoms with van der Waals surface area (Å²) in [4.78, 5) is 25.0. The molecule has 2 aliphatic rings. The molecule has 110 valence electrons. The smallest absolute Gasteiger partial charge is 0.414 e. The highest BCUT2D eigenvalue weighted by Crippen LogP contribution is 2.40. The van der Waals surface area contributed by atoms with E-state index in [1.54, 1.807) is 24.0 Å². The van der Waals surface area contributed by atoms with E-state index in [0.717, 1.165) is 11.3 Å². The van der Waals surface area contributed by atoms with E-state index in [1.807, 2.05) is 20.8 Å². The Morgan fingerprint density at radius 2 is 2.05 bits per heavy atom. The molecule has 1 amide bonds. The minimum Gasteiger partial charge on any atom is -0.481 e. The summed E-state index contributed by atoms with van der Waals surface area (Å²) in [6.07, 6.45) is 4.20. The molecular weight excluding hydrogens is 258 g/mol. The Labute approximate surface area is 118 Å². The molecule has 0 saturated heterocycles. The van der Waals surface area contributed by atoms with Crippen LogP contribution < -0.4 is 0 Å². The third-order valence-corrected chi connectivity index (χ3v) is 3.58. The fourth-order valence-electron chi connectivity index (χ4n) is 2.49. The quantitative estimate of drug-likeness (QED) is 0.801. The average Bonchev–Trinajstić information content (AvgIpc) is 2.69. The molecule has 0 bridgehead atoms. The predicted molar refractivity (Wildman–Crippen MR) is 74.1 cm³/mol. The van der Waals surface area contributed by atoms with Crippen molar-refractivity contribution in [2.45, 2.75) is 46.1 Å². The van der Waals surface area contributed by atoms with E-state index in [9.17, 15) is 14.7 Å². The minimum atomic E-state index is -0.872. The molecule has 0 spiro atoms. The Balaban J connectivity index is 2.16. The van der Waals surface area contributed by atoms with Gasteiger partial charge in [-0.25, -0.2) is 4.79 Å². The number of allylic oxidation sites excluding steroid dienone is 1. The number of carboxylic acid groups (broad SMARTS) is 1. The lowest BCUT2D eigenvalue weighted by Crippen LogP contribution is -2.35. The molecule has 0 aromatic heterocycles. The molecule has 1 heterocycles. The van der Waals surface area contributed by atoms with Crippen LogP contribution in [0.2, 0.25) is 0 Å². The summed E-state index contributed by atoms with van der Waals surface area (Å²) in [5.41, 5.74) is 0.415. The number of carbonyl (C=O) groups is 2. The standard InChI is InChI=1S/C15H21NO4/c1-14(2,3)20-13(19)16-8-6-10-9-15(4,12(17)18)7-5-11(10)16/h5,7H,6,8-9H2,1-4H3,(H,17,18). The van der Waals surface area contributed by atoms with Crippen LogP contribution in [0.1, 0.15) is 40.5 Å². The van der Waals surface area contributed by atoms with E-state index in [1.165, 1.54) is 0 Å². The second-order valence-corrected chi connectivity index (χ2v) is 6.60. The van der Waals surface area contributed by atoms with Crippen molar-refractivity contribution in [3.63, 3.8) is 0 Å². The minimum absolute atomic E-state index is 0.369. The van der Waals surface area contributed by atoms with Gasteiger partial charge in [0.1, 0.15) is 5.60 Å². The molecule has 1 aliphatic heterocycles. The molecular formula is C15H21NO4. The molecule has 1 unspecified atom stereocenters. The Kier molecular flexibility index (Phi) is 3.40. The molecule has 1 atom stereocenters. The molecule has 2 rings (SSSR count). The maximum Gasteiger partial charge on any atom is 0.414 e. The van der Waals surface area contributed by atoms with Gasteiger partial charge in [0, 0.05) is 12.2 Å². The molecule has 1 aliphatic carbocycles. The summed E-state index contributed by atoms with van der Waals surface area (Å²) in [6, 6.07) is 0. The van der Waals surface area contributed by atoms with Crippen molar-refractivity contribution in [3.05, 3.63) is 23.4 Å². The van der Waals surface area contributed by atoms with Crippen LogP contribution in [0.4, 0.5) is 4.79 Å². The molecule has 0 aromatic carbocycles. The van der Waals surface area contributed by atoms with Crippen LogP contribution in [0.3, 0.4) is 0 Å². The molecule has 0 radical (unpaired) electrons. The average molecular weight is 279 g/mol. The van der Waals surface area contributed by atoms with Crippen LogP contribution in [0.25, 0.3) is 0 Å². The first-order valence-electron chi connectivity index (χ1n) is 6.77. The van der Waals surface area contributed by atoms with Gasteiger partial charge in [0.25, 0.3) is 0 Å². The van der Waals surface area contributed by atoms with E-state index in [-0.39, 0.29) is 6.09 Å². The number of aliphatic carboxylic acids is 1. The fourth-order valence-corrected chi connectivity index (χ4v) is 2.49. The highest BCUT2D eigenvalue weighted by Gasteiger charge is 2.39. The van der Waals surface area contributed by atoms with Crippen LogP contribution in [0.15, 0.2) is 23.4 Å². The summed E-state index contributed by atoms with van der Waals surface area (Å²) in [6.45, 7) is 7.74. The van der Waals surface area contributed by atoms with Gasteiger partial charge in [-0.3, -0.25) is 9.69 Å². The van der Waals surface area contributed by atoms with Gasteiger partial charge < -0.3 is 9.84 Å². The summed E-state index contributed by atoms with van der Waals surface area (Å²) < 4.78 is 5.37. The number of rotatable bonds is 1. The van der Waals surface area contributed by atoms with Crippen molar-refractivity contribution in [1.82, 2.24) is 4.90 Å². The first kappa shape index (κ1) is 14.6. The maximum absolute atomic E-state index is 12.1. The van der Waals surface area contributed by atoms with E-state index in [0.29, 0.717) is 19.4 Å². The Morgan fingerprint density at radius 1 is 1.40 bits per heavy atom. The van der Waals surface area contributed by atoms with Gasteiger partial charge in [-0.2, -0.15) is 0 Å². The first-order chi connectivity index (χ1) is 9.12. The van der Waals surface area contributed by atoms with Gasteiger partial charge in [0.2, 0.25) is 0 Å². The zero-order valence-electron chi connectivity index (χ0n) is 12.4. The predicted octanol–water partition coefficient (Wildman–Crippen LogP) is 2.93. The summed E-state index contributed by atoms with van der Waals surface area (Å²) >= 11 is 0. The molecule has 5 nitrogen and oxygen atoms in total. The van der Waals surface area contributed by atoms with Crippen molar-refractivity contribution < 1.29 is 19.4 Å². The number of hydrogen-bond acceptors (Lipinski definition) is 3. The van der Waals surface area contributed by atoms with E-state index in [4.69, 9.17) is 4.74 Å². The lowest BCUT2D eigenvalue weighted by atomic mass is 9.79. The number of nitrogens with zero attached hydrogens (tertiary/aromatic N) is 1. The Hall–Kier alpha value is -1.78. The number of ether oxygens (including phenoxy) is 1. The normalized spacial score (nSPS) is 25.7. The largest absolute Gasteiger partial charge is 0.481 e. The summed E-state index contributed by atoms with van der Waals surface area (Å²) in [7, 11) is 0. The number of carboxylic acids is 1. The monoisotopic (exact) mass is 279 g/mol. The second kappa shape index (κ2) is 4.65. The third kappa shape index (κ3) is 2.71. The topological polar surface area (TPSA) is 66.8 Å². The van der Waals surface area contributed by atoms with Gasteiger partial charge in [-0.05, 0) is 52.2 Å². The lowest BCUT2D eigenvalue weighted by Gasteiger charge is -2.28. The summed E-state index contributed by atoms with van der Waals surface area (Å²) in [5, 5.41) is 9.27. The van der Waals surface area contributed by atoms with Crippen molar-refractivity contribution in [1.29, 1.82) is 0 Å². The molecule has 5 heteroatoms. The maximum atomic E-state index is 12.1. The van der Waals surface area contributed by atoms with Crippen LogP contribution in [-0.4, -0.2) is 34.2 Å². The zero-order chi connectivity index (χ0) is 15.1. The van der Waals surface area contributed by atoms with Gasteiger partial charge in [0.15, 0.2) is 0 Å². The lowest BCUT2D eigenvalue weighted by molar-refractivity contribution is -0.145. The van der Waals surface area contributed by atoms with Crippen molar-refractivity contribution in [2.24, 2.45) is 5.41 Å². The van der Waals surface area contributed by atoms with E-state index < -0.39 is 17.0 Å². The van der Waals surface area contributed by atoms with E-state index >= 15 is 0 Å². The molecule has 20 heavy (non-hydrogen) atoms. The van der Waals surface area contributed by atoms with Crippen molar-refractivity contribution in [3.8, 4) is 0 Å². The number of amides is 1. The fraction of sp³-hybridized carbons (Fsp3) is 0.600. The number of carbonyl (C=O) groups excluding carboxylic acids is 1. The zero-order valence-corrected chi connectivity index (χ0v) is 12.4. The van der Waals surface area contributed by atoms with Crippen molar-refractivity contribution in [2.75, 3.05) is 6.54 Å². The molecule has 0 fully saturated rings. The number of hydrogen-bond donors (Lipinski definition) is 1. The van der Waals surface area contributed by atoms with Gasteiger partial charge >= 0.3 is 12.1 Å². The molecule has 0 saturated carbocycles. The third-order valence-electron chi connectivity index (χ3n) is 3.58. The second-order valence-electron chi connectivity index (χ2n) is 6.60. The molecule has 1 N–H and O–H groups in total. The highest BCUT2D eigenvalue weighted by molar-refractivity contribution is 5.79. The summed E-state index contributed by atoms with van der Waals surface area (Å²) in [5.74, 6) is -0.837. The Morgan fingerprint density at radius 3 is 2.60 bits per heavy atom. The van der Waals surface area contributed by atoms with Crippen LogP contribution in [0, 0.1) is 5.41 Å². The van der Waals surface area contributed by atoms with Crippen molar-refractivity contribution >= 4 is 12.1 Å². The SMILES string of the molecule is CC(C)(C)OC(=O)N1CCC2=C1C=CC(C)(C(=O)O)C2. The van der Waals surface area contributed by atoms with Gasteiger partial charge in [-0.1, -0.05) is 6.08 Å². The van der Waals surface area contributed by atoms with Gasteiger partial charge in [-0.15, -0.1) is 0 Å².